The van der Waals surface area contributed by atoms with Gasteiger partial charge in [-0.15, -0.1) is 0 Å². The number of aliphatic hydroxyl groups excluding tert-OH is 3. The first kappa shape index (κ1) is 22.3. The lowest BCUT2D eigenvalue weighted by Crippen LogP contribution is -2.39. The summed E-state index contributed by atoms with van der Waals surface area (Å²) < 4.78 is 0. The van der Waals surface area contributed by atoms with Crippen molar-refractivity contribution >= 4 is 5.97 Å². The van der Waals surface area contributed by atoms with E-state index in [2.05, 4.69) is 19.6 Å². The van der Waals surface area contributed by atoms with E-state index in [4.69, 9.17) is 5.11 Å². The van der Waals surface area contributed by atoms with Crippen LogP contribution in [0.15, 0.2) is 35.5 Å². The quantitative estimate of drug-likeness (QED) is 0.561. The molecule has 0 aromatic heterocycles. The van der Waals surface area contributed by atoms with Crippen molar-refractivity contribution < 1.29 is 25.2 Å². The number of hydrogen-bond donors (Lipinski definition) is 4. The molecule has 3 fully saturated rings. The molecule has 3 aliphatic carbocycles. The van der Waals surface area contributed by atoms with Gasteiger partial charge >= 0.3 is 5.97 Å². The summed E-state index contributed by atoms with van der Waals surface area (Å²) in [4.78, 5) is 11.0. The number of carboxylic acids is 1. The molecule has 0 bridgehead atoms. The molecule has 29 heavy (non-hydrogen) atoms. The SMILES string of the molecule is C=C1C(=CC=C2CCC[C@]3(C)[C@@H]([C@H](C)C(O)CC(=O)O)CC[C@@H]23)C[C@H](O)C[C@H]1O. The highest BCUT2D eigenvalue weighted by molar-refractivity contribution is 5.67. The van der Waals surface area contributed by atoms with Crippen molar-refractivity contribution in [2.24, 2.45) is 23.2 Å². The van der Waals surface area contributed by atoms with Crippen molar-refractivity contribution in [2.45, 2.75) is 83.5 Å². The van der Waals surface area contributed by atoms with Crippen molar-refractivity contribution in [3.63, 3.8) is 0 Å². The predicted octanol–water partition coefficient (Wildman–Crippen LogP) is 3.60. The summed E-state index contributed by atoms with van der Waals surface area (Å²) in [5, 5.41) is 39.5. The highest BCUT2D eigenvalue weighted by Crippen LogP contribution is 2.59. The van der Waals surface area contributed by atoms with Gasteiger partial charge in [0.25, 0.3) is 0 Å². The van der Waals surface area contributed by atoms with Crippen LogP contribution in [-0.4, -0.2) is 44.7 Å². The van der Waals surface area contributed by atoms with Gasteiger partial charge in [-0.25, -0.2) is 0 Å². The smallest absolute Gasteiger partial charge is 0.305 e. The maximum Gasteiger partial charge on any atom is 0.305 e. The number of carboxylic acid groups (broad SMARTS) is 1. The Morgan fingerprint density at radius 1 is 1.31 bits per heavy atom. The number of rotatable bonds is 5. The molecular weight excluding hydrogens is 368 g/mol. The van der Waals surface area contributed by atoms with Crippen LogP contribution in [0.4, 0.5) is 0 Å². The Morgan fingerprint density at radius 2 is 2.03 bits per heavy atom. The largest absolute Gasteiger partial charge is 0.481 e. The summed E-state index contributed by atoms with van der Waals surface area (Å²) in [5.74, 6) is -0.241. The van der Waals surface area contributed by atoms with Gasteiger partial charge in [-0.1, -0.05) is 38.2 Å². The summed E-state index contributed by atoms with van der Waals surface area (Å²) in [7, 11) is 0. The highest BCUT2D eigenvalue weighted by Gasteiger charge is 2.51. The van der Waals surface area contributed by atoms with E-state index in [0.717, 1.165) is 37.7 Å². The van der Waals surface area contributed by atoms with Crippen LogP contribution in [0.1, 0.15) is 65.2 Å². The van der Waals surface area contributed by atoms with E-state index < -0.39 is 24.3 Å². The van der Waals surface area contributed by atoms with Crippen LogP contribution in [0.3, 0.4) is 0 Å². The molecule has 0 heterocycles. The van der Waals surface area contributed by atoms with E-state index in [-0.39, 0.29) is 17.8 Å². The van der Waals surface area contributed by atoms with Crippen molar-refractivity contribution in [3.8, 4) is 0 Å². The minimum absolute atomic E-state index is 0.0396. The van der Waals surface area contributed by atoms with E-state index in [9.17, 15) is 20.1 Å². The first-order valence-electron chi connectivity index (χ1n) is 11.0. The van der Waals surface area contributed by atoms with E-state index in [1.54, 1.807) is 0 Å². The maximum atomic E-state index is 11.0. The first-order chi connectivity index (χ1) is 13.6. The molecule has 0 aromatic carbocycles. The van der Waals surface area contributed by atoms with Crippen LogP contribution >= 0.6 is 0 Å². The molecule has 4 N–H and O–H groups in total. The molecule has 0 amide bonds. The summed E-state index contributed by atoms with van der Waals surface area (Å²) in [6, 6.07) is 0. The average molecular weight is 405 g/mol. The van der Waals surface area contributed by atoms with Crippen LogP contribution in [-0.2, 0) is 4.79 Å². The van der Waals surface area contributed by atoms with Gasteiger partial charge in [0.1, 0.15) is 0 Å². The van der Waals surface area contributed by atoms with Gasteiger partial charge in [-0.3, -0.25) is 4.79 Å². The predicted molar refractivity (Wildman–Crippen MR) is 112 cm³/mol. The number of hydrogen-bond acceptors (Lipinski definition) is 4. The van der Waals surface area contributed by atoms with Crippen molar-refractivity contribution in [3.05, 3.63) is 35.5 Å². The van der Waals surface area contributed by atoms with Crippen LogP contribution in [0, 0.1) is 23.2 Å². The second kappa shape index (κ2) is 8.75. The van der Waals surface area contributed by atoms with Crippen molar-refractivity contribution in [1.29, 1.82) is 0 Å². The molecule has 0 aliphatic heterocycles. The number of allylic oxidation sites excluding steroid dienone is 3. The lowest BCUT2D eigenvalue weighted by atomic mass is 9.60. The van der Waals surface area contributed by atoms with Gasteiger partial charge < -0.3 is 20.4 Å². The second-order valence-electron chi connectivity index (χ2n) is 9.69. The Labute approximate surface area is 173 Å². The molecule has 7 atom stereocenters. The Morgan fingerprint density at radius 3 is 2.72 bits per heavy atom. The van der Waals surface area contributed by atoms with Gasteiger partial charge in [0.2, 0.25) is 0 Å². The Kier molecular flexibility index (Phi) is 6.71. The molecular formula is C24H36O5. The molecule has 3 rings (SSSR count). The Hall–Kier alpha value is -1.43. The van der Waals surface area contributed by atoms with E-state index in [1.807, 2.05) is 13.0 Å². The molecule has 3 saturated carbocycles. The minimum atomic E-state index is -0.947. The minimum Gasteiger partial charge on any atom is -0.481 e. The monoisotopic (exact) mass is 404 g/mol. The second-order valence-corrected chi connectivity index (χ2v) is 9.69. The highest BCUT2D eigenvalue weighted by atomic mass is 16.4. The summed E-state index contributed by atoms with van der Waals surface area (Å²) >= 11 is 0. The van der Waals surface area contributed by atoms with Gasteiger partial charge in [0.05, 0.1) is 24.7 Å². The third kappa shape index (κ3) is 4.52. The molecule has 3 aliphatic rings. The fourth-order valence-electron chi connectivity index (χ4n) is 6.24. The van der Waals surface area contributed by atoms with Gasteiger partial charge in [0, 0.05) is 6.42 Å². The third-order valence-corrected chi connectivity index (χ3v) is 7.93. The van der Waals surface area contributed by atoms with Crippen LogP contribution in [0.5, 0.6) is 0 Å². The molecule has 0 spiro atoms. The van der Waals surface area contributed by atoms with E-state index in [0.29, 0.717) is 30.3 Å². The lowest BCUT2D eigenvalue weighted by molar-refractivity contribution is -0.140. The van der Waals surface area contributed by atoms with Crippen molar-refractivity contribution in [2.75, 3.05) is 0 Å². The van der Waals surface area contributed by atoms with Gasteiger partial charge in [0.15, 0.2) is 0 Å². The van der Waals surface area contributed by atoms with Crippen LogP contribution < -0.4 is 0 Å². The fourth-order valence-corrected chi connectivity index (χ4v) is 6.24. The zero-order chi connectivity index (χ0) is 21.3. The van der Waals surface area contributed by atoms with Crippen LogP contribution in [0.2, 0.25) is 0 Å². The van der Waals surface area contributed by atoms with Gasteiger partial charge in [-0.05, 0) is 72.8 Å². The average Bonchev–Trinajstić information content (AvgIpc) is 2.99. The summed E-state index contributed by atoms with van der Waals surface area (Å²) in [6.45, 7) is 8.31. The number of carbonyl (C=O) groups is 1. The maximum absolute atomic E-state index is 11.0. The van der Waals surface area contributed by atoms with Crippen molar-refractivity contribution in [1.82, 2.24) is 0 Å². The zero-order valence-corrected chi connectivity index (χ0v) is 17.7. The van der Waals surface area contributed by atoms with E-state index in [1.165, 1.54) is 5.57 Å². The molecule has 5 nitrogen and oxygen atoms in total. The number of aliphatic hydroxyl groups is 3. The first-order valence-corrected chi connectivity index (χ1v) is 11.0. The van der Waals surface area contributed by atoms with Crippen LogP contribution in [0.25, 0.3) is 0 Å². The standard InChI is InChI=1S/C24H36O5/c1-14-17(11-18(25)12-21(14)26)7-6-16-5-4-10-24(3)19(8-9-20(16)24)15(2)22(27)13-23(28)29/h6-7,15,18-22,25-27H,1,4-5,8-13H2,2-3H3,(H,28,29)/t15-,18-,19+,20-,21+,22?,24+/m0/s1. The van der Waals surface area contributed by atoms with E-state index >= 15 is 0 Å². The molecule has 1 unspecified atom stereocenters. The molecule has 0 radical (unpaired) electrons. The molecule has 0 aromatic rings. The topological polar surface area (TPSA) is 98.0 Å². The molecule has 162 valence electrons. The summed E-state index contributed by atoms with van der Waals surface area (Å²) in [6.07, 6.45) is 8.20. The summed E-state index contributed by atoms with van der Waals surface area (Å²) in [5.41, 5.74) is 3.11. The van der Waals surface area contributed by atoms with Gasteiger partial charge in [-0.2, -0.15) is 0 Å². The number of aliphatic carboxylic acids is 1. The Balaban J connectivity index is 1.79. The zero-order valence-electron chi connectivity index (χ0n) is 17.7. The molecule has 5 heteroatoms. The number of fused-ring (bicyclic) bond motifs is 1. The Bertz CT molecular complexity index is 708. The lowest BCUT2D eigenvalue weighted by Gasteiger charge is -2.45. The molecule has 0 saturated heterocycles. The third-order valence-electron chi connectivity index (χ3n) is 7.93. The fraction of sp³-hybridized carbons (Fsp3) is 0.708. The normalized spacial score (nSPS) is 40.1.